The minimum absolute atomic E-state index is 0.0578. The molecule has 1 aromatic rings. The predicted octanol–water partition coefficient (Wildman–Crippen LogP) is 0.135. The second kappa shape index (κ2) is 3.71. The Morgan fingerprint density at radius 1 is 1.53 bits per heavy atom. The Bertz CT molecular complexity index is 538. The second-order valence-electron chi connectivity index (χ2n) is 4.41. The maximum atomic E-state index is 11.6. The van der Waals surface area contributed by atoms with Crippen molar-refractivity contribution in [1.29, 1.82) is 0 Å². The Labute approximate surface area is 105 Å². The van der Waals surface area contributed by atoms with Gasteiger partial charge < -0.3 is 14.6 Å². The van der Waals surface area contributed by atoms with E-state index in [1.54, 1.807) is 6.26 Å². The molecule has 3 heterocycles. The summed E-state index contributed by atoms with van der Waals surface area (Å²) in [5.74, 6) is 1.14. The molecule has 1 aromatic heterocycles. The van der Waals surface area contributed by atoms with E-state index in [4.69, 9.17) is 16.6 Å². The van der Waals surface area contributed by atoms with Crippen LogP contribution < -0.4 is 5.32 Å². The zero-order chi connectivity index (χ0) is 12.0. The number of nitrogens with one attached hydrogen (secondary N) is 1. The largest absolute Gasteiger partial charge is 0.467 e. The van der Waals surface area contributed by atoms with Crippen LogP contribution in [0, 0.1) is 0 Å². The molecule has 5 nitrogen and oxygen atoms in total. The molecule has 0 aromatic carbocycles. The van der Waals surface area contributed by atoms with E-state index in [-0.39, 0.29) is 23.6 Å². The summed E-state index contributed by atoms with van der Waals surface area (Å²) in [6, 6.07) is 3.55. The van der Waals surface area contributed by atoms with Crippen LogP contribution in [0.1, 0.15) is 5.76 Å². The lowest BCUT2D eigenvalue weighted by molar-refractivity contribution is 0.317. The Kier molecular flexibility index (Phi) is 2.41. The van der Waals surface area contributed by atoms with Crippen molar-refractivity contribution < 1.29 is 12.8 Å². The van der Waals surface area contributed by atoms with Crippen LogP contribution in [-0.4, -0.2) is 42.0 Å². The van der Waals surface area contributed by atoms with Crippen molar-refractivity contribution >= 4 is 27.2 Å². The standard InChI is InChI=1S/C10H12N2O3S2/c13-17(14)5-8-9(6-17)12(10(16)11-8)4-7-2-1-3-15-7/h1-3,8-9H,4-6H2,(H,11,16)/t8-,9+/m1/s1. The van der Waals surface area contributed by atoms with Crippen molar-refractivity contribution in [2.24, 2.45) is 0 Å². The van der Waals surface area contributed by atoms with Gasteiger partial charge in [-0.2, -0.15) is 0 Å². The molecule has 0 spiro atoms. The topological polar surface area (TPSA) is 62.6 Å². The SMILES string of the molecule is O=S1(=O)C[C@H]2NC(=S)N(Cc3ccco3)[C@H]2C1. The lowest BCUT2D eigenvalue weighted by atomic mass is 10.2. The smallest absolute Gasteiger partial charge is 0.170 e. The summed E-state index contributed by atoms with van der Waals surface area (Å²) in [4.78, 5) is 1.91. The summed E-state index contributed by atoms with van der Waals surface area (Å²) < 4.78 is 28.4. The van der Waals surface area contributed by atoms with Crippen molar-refractivity contribution in [3.8, 4) is 0 Å². The Balaban J connectivity index is 1.82. The molecule has 2 atom stereocenters. The van der Waals surface area contributed by atoms with Crippen LogP contribution in [0.4, 0.5) is 0 Å². The van der Waals surface area contributed by atoms with E-state index in [2.05, 4.69) is 5.32 Å². The zero-order valence-corrected chi connectivity index (χ0v) is 10.6. The van der Waals surface area contributed by atoms with E-state index in [9.17, 15) is 8.42 Å². The first kappa shape index (κ1) is 11.0. The highest BCUT2D eigenvalue weighted by atomic mass is 32.2. The van der Waals surface area contributed by atoms with Crippen LogP contribution in [0.15, 0.2) is 22.8 Å². The molecule has 7 heteroatoms. The number of furan rings is 1. The van der Waals surface area contributed by atoms with Crippen LogP contribution in [0.3, 0.4) is 0 Å². The first-order chi connectivity index (χ1) is 8.05. The molecule has 2 aliphatic rings. The average Bonchev–Trinajstić information content (AvgIpc) is 2.87. The van der Waals surface area contributed by atoms with Gasteiger partial charge in [-0.3, -0.25) is 0 Å². The van der Waals surface area contributed by atoms with E-state index in [0.717, 1.165) is 5.76 Å². The van der Waals surface area contributed by atoms with Gasteiger partial charge in [0.1, 0.15) is 5.76 Å². The number of nitrogens with zero attached hydrogens (tertiary/aromatic N) is 1. The van der Waals surface area contributed by atoms with Gasteiger partial charge >= 0.3 is 0 Å². The highest BCUT2D eigenvalue weighted by Crippen LogP contribution is 2.25. The summed E-state index contributed by atoms with van der Waals surface area (Å²) >= 11 is 5.22. The molecular weight excluding hydrogens is 260 g/mol. The van der Waals surface area contributed by atoms with Crippen molar-refractivity contribution in [2.75, 3.05) is 11.5 Å². The van der Waals surface area contributed by atoms with Crippen LogP contribution in [-0.2, 0) is 16.4 Å². The van der Waals surface area contributed by atoms with Crippen molar-refractivity contribution in [3.05, 3.63) is 24.2 Å². The third-order valence-corrected chi connectivity index (χ3v) is 5.27. The van der Waals surface area contributed by atoms with E-state index in [1.807, 2.05) is 17.0 Å². The van der Waals surface area contributed by atoms with Crippen LogP contribution in [0.5, 0.6) is 0 Å². The monoisotopic (exact) mass is 272 g/mol. The second-order valence-corrected chi connectivity index (χ2v) is 6.95. The first-order valence-electron chi connectivity index (χ1n) is 5.35. The summed E-state index contributed by atoms with van der Waals surface area (Å²) in [5, 5.41) is 3.69. The third-order valence-electron chi connectivity index (χ3n) is 3.20. The zero-order valence-electron chi connectivity index (χ0n) is 9.00. The van der Waals surface area contributed by atoms with Crippen LogP contribution in [0.2, 0.25) is 0 Å². The molecule has 92 valence electrons. The lowest BCUT2D eigenvalue weighted by Crippen LogP contribution is -2.36. The number of fused-ring (bicyclic) bond motifs is 1. The molecule has 2 aliphatic heterocycles. The molecular formula is C10H12N2O3S2. The number of rotatable bonds is 2. The summed E-state index contributed by atoms with van der Waals surface area (Å²) in [7, 11) is -2.94. The van der Waals surface area contributed by atoms with Gasteiger partial charge in [0.2, 0.25) is 0 Å². The van der Waals surface area contributed by atoms with Gasteiger partial charge in [-0.15, -0.1) is 0 Å². The molecule has 0 amide bonds. The average molecular weight is 272 g/mol. The molecule has 1 N–H and O–H groups in total. The molecule has 2 saturated heterocycles. The highest BCUT2D eigenvalue weighted by Gasteiger charge is 2.47. The summed E-state index contributed by atoms with van der Waals surface area (Å²) in [6.45, 7) is 0.523. The van der Waals surface area contributed by atoms with Crippen molar-refractivity contribution in [3.63, 3.8) is 0 Å². The number of sulfone groups is 1. The van der Waals surface area contributed by atoms with Gasteiger partial charge in [0, 0.05) is 0 Å². The van der Waals surface area contributed by atoms with Gasteiger partial charge in [-0.1, -0.05) is 0 Å². The van der Waals surface area contributed by atoms with Crippen molar-refractivity contribution in [1.82, 2.24) is 10.2 Å². The fourth-order valence-corrected chi connectivity index (χ4v) is 4.70. The highest BCUT2D eigenvalue weighted by molar-refractivity contribution is 7.91. The van der Waals surface area contributed by atoms with Crippen LogP contribution >= 0.6 is 12.2 Å². The first-order valence-corrected chi connectivity index (χ1v) is 7.58. The van der Waals surface area contributed by atoms with E-state index < -0.39 is 9.84 Å². The Morgan fingerprint density at radius 3 is 3.06 bits per heavy atom. The number of hydrogen-bond donors (Lipinski definition) is 1. The molecule has 0 bridgehead atoms. The van der Waals surface area contributed by atoms with E-state index >= 15 is 0 Å². The molecule has 17 heavy (non-hydrogen) atoms. The molecule has 0 unspecified atom stereocenters. The predicted molar refractivity (Wildman–Crippen MR) is 66.2 cm³/mol. The minimum atomic E-state index is -2.94. The van der Waals surface area contributed by atoms with Gasteiger partial charge in [0.05, 0.1) is 36.4 Å². The fourth-order valence-electron chi connectivity index (χ4n) is 2.43. The van der Waals surface area contributed by atoms with Crippen LogP contribution in [0.25, 0.3) is 0 Å². The summed E-state index contributed by atoms with van der Waals surface area (Å²) in [6.07, 6.45) is 1.60. The molecule has 0 aliphatic carbocycles. The van der Waals surface area contributed by atoms with Gasteiger partial charge in [0.25, 0.3) is 0 Å². The minimum Gasteiger partial charge on any atom is -0.467 e. The van der Waals surface area contributed by atoms with Gasteiger partial charge in [-0.25, -0.2) is 8.42 Å². The molecule has 2 fully saturated rings. The number of thiocarbonyl (C=S) groups is 1. The molecule has 0 saturated carbocycles. The van der Waals surface area contributed by atoms with Gasteiger partial charge in [0.15, 0.2) is 14.9 Å². The number of hydrogen-bond acceptors (Lipinski definition) is 4. The van der Waals surface area contributed by atoms with E-state index in [0.29, 0.717) is 11.7 Å². The molecule has 0 radical (unpaired) electrons. The van der Waals surface area contributed by atoms with Crippen molar-refractivity contribution in [2.45, 2.75) is 18.6 Å². The lowest BCUT2D eigenvalue weighted by Gasteiger charge is -2.21. The van der Waals surface area contributed by atoms with E-state index in [1.165, 1.54) is 0 Å². The quantitative estimate of drug-likeness (QED) is 0.773. The van der Waals surface area contributed by atoms with Gasteiger partial charge in [-0.05, 0) is 24.4 Å². The normalized spacial score (nSPS) is 30.4. The fraction of sp³-hybridized carbons (Fsp3) is 0.500. The Morgan fingerprint density at radius 2 is 2.35 bits per heavy atom. The maximum absolute atomic E-state index is 11.6. The summed E-state index contributed by atoms with van der Waals surface area (Å²) in [5.41, 5.74) is 0. The maximum Gasteiger partial charge on any atom is 0.170 e. The third kappa shape index (κ3) is 1.93. The molecule has 3 rings (SSSR count). The Hall–Kier alpha value is -1.08.